The lowest BCUT2D eigenvalue weighted by Gasteiger charge is -1.99. The van der Waals surface area contributed by atoms with Crippen molar-refractivity contribution in [2.45, 2.75) is 0 Å². The average Bonchev–Trinajstić information content (AvgIpc) is 2.75. The third kappa shape index (κ3) is 1.61. The van der Waals surface area contributed by atoms with E-state index in [2.05, 4.69) is 21.1 Å². The van der Waals surface area contributed by atoms with E-state index >= 15 is 0 Å². The quantitative estimate of drug-likeness (QED) is 0.692. The molecule has 0 aliphatic carbocycles. The molecule has 0 aliphatic heterocycles. The van der Waals surface area contributed by atoms with Gasteiger partial charge < -0.3 is 10.3 Å². The van der Waals surface area contributed by atoms with E-state index in [1.165, 1.54) is 0 Å². The van der Waals surface area contributed by atoms with E-state index in [9.17, 15) is 0 Å². The summed E-state index contributed by atoms with van der Waals surface area (Å²) in [5.41, 5.74) is 8.88. The molecule has 0 spiro atoms. The van der Waals surface area contributed by atoms with Crippen LogP contribution in [0.2, 0.25) is 0 Å². The molecule has 0 bridgehead atoms. The van der Waals surface area contributed by atoms with Crippen LogP contribution in [0, 0.1) is 0 Å². The number of hydrogen-bond acceptors (Lipinski definition) is 3. The van der Waals surface area contributed by atoms with Crippen molar-refractivity contribution in [2.24, 2.45) is 0 Å². The molecule has 17 heavy (non-hydrogen) atoms. The number of hydrogen-bond donors (Lipinski definition) is 1. The van der Waals surface area contributed by atoms with Gasteiger partial charge in [-0.1, -0.05) is 45.4 Å². The Morgan fingerprint density at radius 2 is 1.88 bits per heavy atom. The fourth-order valence-electron chi connectivity index (χ4n) is 1.83. The van der Waals surface area contributed by atoms with Gasteiger partial charge in [-0.2, -0.15) is 0 Å². The SMILES string of the molecule is Nc1cccc2c(-c3ccccc3Br)noc12. The molecular formula is C13H9BrN2O. The molecule has 0 unspecified atom stereocenters. The van der Waals surface area contributed by atoms with Gasteiger partial charge in [-0.3, -0.25) is 0 Å². The van der Waals surface area contributed by atoms with Crippen LogP contribution < -0.4 is 5.73 Å². The van der Waals surface area contributed by atoms with Gasteiger partial charge in [0.05, 0.1) is 11.1 Å². The second-order valence-electron chi connectivity index (χ2n) is 3.73. The number of aromatic nitrogens is 1. The van der Waals surface area contributed by atoms with Crippen LogP contribution in [0.3, 0.4) is 0 Å². The van der Waals surface area contributed by atoms with E-state index in [1.807, 2.05) is 36.4 Å². The summed E-state index contributed by atoms with van der Waals surface area (Å²) in [4.78, 5) is 0. The zero-order valence-electron chi connectivity index (χ0n) is 8.85. The number of rotatable bonds is 1. The maximum absolute atomic E-state index is 5.84. The molecule has 1 heterocycles. The fraction of sp³-hybridized carbons (Fsp3) is 0. The lowest BCUT2D eigenvalue weighted by molar-refractivity contribution is 0.460. The molecule has 84 valence electrons. The van der Waals surface area contributed by atoms with Crippen molar-refractivity contribution in [2.75, 3.05) is 5.73 Å². The predicted octanol–water partition coefficient (Wildman–Crippen LogP) is 3.84. The Morgan fingerprint density at radius 3 is 2.71 bits per heavy atom. The van der Waals surface area contributed by atoms with Crippen LogP contribution in [0.4, 0.5) is 5.69 Å². The van der Waals surface area contributed by atoms with Crippen LogP contribution in [-0.2, 0) is 0 Å². The lowest BCUT2D eigenvalue weighted by atomic mass is 10.1. The third-order valence-electron chi connectivity index (χ3n) is 2.66. The van der Waals surface area contributed by atoms with Gasteiger partial charge in [0.15, 0.2) is 5.58 Å². The number of para-hydroxylation sites is 1. The minimum Gasteiger partial charge on any atom is -0.396 e. The maximum atomic E-state index is 5.84. The summed E-state index contributed by atoms with van der Waals surface area (Å²) in [6.07, 6.45) is 0. The molecule has 4 heteroatoms. The molecule has 0 atom stereocenters. The standard InChI is InChI=1S/C13H9BrN2O/c14-10-6-2-1-4-8(10)12-9-5-3-7-11(15)13(9)17-16-12/h1-7H,15H2. The van der Waals surface area contributed by atoms with E-state index in [1.54, 1.807) is 6.07 Å². The molecule has 2 N–H and O–H groups in total. The van der Waals surface area contributed by atoms with E-state index in [4.69, 9.17) is 10.3 Å². The zero-order valence-corrected chi connectivity index (χ0v) is 10.4. The van der Waals surface area contributed by atoms with Gasteiger partial charge in [-0.05, 0) is 18.2 Å². The van der Waals surface area contributed by atoms with Crippen molar-refractivity contribution < 1.29 is 4.52 Å². The summed E-state index contributed by atoms with van der Waals surface area (Å²) in [6.45, 7) is 0. The molecule has 2 aromatic carbocycles. The van der Waals surface area contributed by atoms with Crippen LogP contribution in [-0.4, -0.2) is 5.16 Å². The van der Waals surface area contributed by atoms with Crippen molar-refractivity contribution in [1.82, 2.24) is 5.16 Å². The average molecular weight is 289 g/mol. The van der Waals surface area contributed by atoms with Crippen LogP contribution in [0.25, 0.3) is 22.2 Å². The highest BCUT2D eigenvalue weighted by Crippen LogP contribution is 2.34. The molecule has 0 aliphatic rings. The first-order chi connectivity index (χ1) is 8.27. The highest BCUT2D eigenvalue weighted by molar-refractivity contribution is 9.10. The van der Waals surface area contributed by atoms with Crippen molar-refractivity contribution >= 4 is 32.6 Å². The lowest BCUT2D eigenvalue weighted by Crippen LogP contribution is -1.84. The predicted molar refractivity (Wildman–Crippen MR) is 71.6 cm³/mol. The topological polar surface area (TPSA) is 52.0 Å². The smallest absolute Gasteiger partial charge is 0.190 e. The highest BCUT2D eigenvalue weighted by Gasteiger charge is 2.13. The fourth-order valence-corrected chi connectivity index (χ4v) is 2.30. The molecule has 1 aromatic heterocycles. The number of nitrogens with zero attached hydrogens (tertiary/aromatic N) is 1. The van der Waals surface area contributed by atoms with Crippen molar-refractivity contribution in [1.29, 1.82) is 0 Å². The van der Waals surface area contributed by atoms with Crippen LogP contribution in [0.5, 0.6) is 0 Å². The molecule has 0 amide bonds. The minimum absolute atomic E-state index is 0.605. The normalized spacial score (nSPS) is 10.9. The molecule has 3 rings (SSSR count). The first-order valence-electron chi connectivity index (χ1n) is 5.16. The first kappa shape index (κ1) is 10.4. The van der Waals surface area contributed by atoms with Crippen molar-refractivity contribution in [3.8, 4) is 11.3 Å². The monoisotopic (exact) mass is 288 g/mol. The van der Waals surface area contributed by atoms with Gasteiger partial charge in [0, 0.05) is 10.0 Å². The molecule has 0 saturated heterocycles. The van der Waals surface area contributed by atoms with Gasteiger partial charge >= 0.3 is 0 Å². The van der Waals surface area contributed by atoms with Gasteiger partial charge in [0.1, 0.15) is 5.69 Å². The Morgan fingerprint density at radius 1 is 1.06 bits per heavy atom. The third-order valence-corrected chi connectivity index (χ3v) is 3.35. The molecule has 0 saturated carbocycles. The maximum Gasteiger partial charge on any atom is 0.190 e. The Balaban J connectivity index is 2.33. The number of benzene rings is 2. The summed E-state index contributed by atoms with van der Waals surface area (Å²) in [7, 11) is 0. The first-order valence-corrected chi connectivity index (χ1v) is 5.95. The molecule has 3 nitrogen and oxygen atoms in total. The largest absolute Gasteiger partial charge is 0.396 e. The summed E-state index contributed by atoms with van der Waals surface area (Å²) >= 11 is 3.51. The zero-order chi connectivity index (χ0) is 11.8. The Hall–Kier alpha value is -1.81. The molecule has 0 radical (unpaired) electrons. The number of nitrogens with two attached hydrogens (primary N) is 1. The molecular weight excluding hydrogens is 280 g/mol. The second-order valence-corrected chi connectivity index (χ2v) is 4.59. The van der Waals surface area contributed by atoms with Crippen LogP contribution in [0.15, 0.2) is 51.5 Å². The number of halogens is 1. The molecule has 0 fully saturated rings. The van der Waals surface area contributed by atoms with E-state index in [-0.39, 0.29) is 0 Å². The van der Waals surface area contributed by atoms with Gasteiger partial charge in [0.2, 0.25) is 0 Å². The van der Waals surface area contributed by atoms with E-state index in [0.717, 1.165) is 21.1 Å². The Kier molecular flexibility index (Phi) is 2.37. The highest BCUT2D eigenvalue weighted by atomic mass is 79.9. The van der Waals surface area contributed by atoms with Gasteiger partial charge in [-0.25, -0.2) is 0 Å². The van der Waals surface area contributed by atoms with Gasteiger partial charge in [-0.15, -0.1) is 0 Å². The van der Waals surface area contributed by atoms with Crippen LogP contribution in [0.1, 0.15) is 0 Å². The van der Waals surface area contributed by atoms with Crippen LogP contribution >= 0.6 is 15.9 Å². The minimum atomic E-state index is 0.605. The number of nitrogen functional groups attached to an aromatic ring is 1. The van der Waals surface area contributed by atoms with Crippen molar-refractivity contribution in [3.05, 3.63) is 46.9 Å². The van der Waals surface area contributed by atoms with E-state index in [0.29, 0.717) is 11.3 Å². The second kappa shape index (κ2) is 3.89. The molecule has 3 aromatic rings. The number of fused-ring (bicyclic) bond motifs is 1. The summed E-state index contributed by atoms with van der Waals surface area (Å²) < 4.78 is 6.28. The number of anilines is 1. The Labute approximate surface area is 106 Å². The summed E-state index contributed by atoms with van der Waals surface area (Å²) in [6, 6.07) is 13.5. The van der Waals surface area contributed by atoms with Crippen molar-refractivity contribution in [3.63, 3.8) is 0 Å². The van der Waals surface area contributed by atoms with E-state index < -0.39 is 0 Å². The Bertz CT molecular complexity index is 691. The summed E-state index contributed by atoms with van der Waals surface area (Å²) in [5.74, 6) is 0. The summed E-state index contributed by atoms with van der Waals surface area (Å²) in [5, 5.41) is 5.03. The van der Waals surface area contributed by atoms with Gasteiger partial charge in [0.25, 0.3) is 0 Å².